The van der Waals surface area contributed by atoms with Gasteiger partial charge in [0, 0.05) is 32.4 Å². The molecule has 0 amide bonds. The van der Waals surface area contributed by atoms with Crippen molar-refractivity contribution in [1.29, 1.82) is 0 Å². The standard InChI is InChI=1S/C14H18N4O2/c1-9-7-11(17-5-3-15-4-6-17)8-18-12(14(19)20)10(2)16-13(9)18/h7-8,15H,3-6H2,1-2H3,(H,19,20). The molecule has 1 saturated heterocycles. The number of aromatic nitrogens is 2. The summed E-state index contributed by atoms with van der Waals surface area (Å²) in [6.07, 6.45) is 1.89. The van der Waals surface area contributed by atoms with Crippen LogP contribution in [0.5, 0.6) is 0 Å². The molecule has 20 heavy (non-hydrogen) atoms. The van der Waals surface area contributed by atoms with Gasteiger partial charge in [0.15, 0.2) is 5.69 Å². The molecule has 1 aliphatic heterocycles. The fourth-order valence-corrected chi connectivity index (χ4v) is 2.76. The summed E-state index contributed by atoms with van der Waals surface area (Å²) in [5.41, 5.74) is 3.57. The smallest absolute Gasteiger partial charge is 0.354 e. The molecule has 2 N–H and O–H groups in total. The van der Waals surface area contributed by atoms with Crippen molar-refractivity contribution in [2.24, 2.45) is 0 Å². The van der Waals surface area contributed by atoms with Crippen molar-refractivity contribution < 1.29 is 9.90 Å². The van der Waals surface area contributed by atoms with Crippen molar-refractivity contribution >= 4 is 17.3 Å². The summed E-state index contributed by atoms with van der Waals surface area (Å²) >= 11 is 0. The molecule has 6 heteroatoms. The molecule has 0 unspecified atom stereocenters. The van der Waals surface area contributed by atoms with Gasteiger partial charge in [0.25, 0.3) is 0 Å². The van der Waals surface area contributed by atoms with Gasteiger partial charge in [0.1, 0.15) is 5.65 Å². The number of hydrogen-bond acceptors (Lipinski definition) is 4. The van der Waals surface area contributed by atoms with E-state index in [4.69, 9.17) is 0 Å². The zero-order valence-corrected chi connectivity index (χ0v) is 11.7. The van der Waals surface area contributed by atoms with Crippen LogP contribution in [0.4, 0.5) is 5.69 Å². The van der Waals surface area contributed by atoms with Gasteiger partial charge < -0.3 is 15.3 Å². The summed E-state index contributed by atoms with van der Waals surface area (Å²) in [7, 11) is 0. The van der Waals surface area contributed by atoms with Gasteiger partial charge in [-0.3, -0.25) is 4.40 Å². The maximum Gasteiger partial charge on any atom is 0.354 e. The van der Waals surface area contributed by atoms with Gasteiger partial charge in [-0.1, -0.05) is 0 Å². The highest BCUT2D eigenvalue weighted by Crippen LogP contribution is 2.23. The third-order valence-electron chi connectivity index (χ3n) is 3.75. The number of piperazine rings is 1. The summed E-state index contributed by atoms with van der Waals surface area (Å²) in [6, 6.07) is 2.08. The minimum atomic E-state index is -0.938. The van der Waals surface area contributed by atoms with E-state index in [2.05, 4.69) is 21.3 Å². The van der Waals surface area contributed by atoms with Crippen LogP contribution in [0.25, 0.3) is 5.65 Å². The molecule has 0 radical (unpaired) electrons. The second-order valence-corrected chi connectivity index (χ2v) is 5.16. The normalized spacial score (nSPS) is 15.8. The van der Waals surface area contributed by atoms with Crippen molar-refractivity contribution in [2.45, 2.75) is 13.8 Å². The number of aromatic carboxylic acids is 1. The molecule has 0 saturated carbocycles. The number of pyridine rings is 1. The number of carbonyl (C=O) groups is 1. The summed E-state index contributed by atoms with van der Waals surface area (Å²) in [5, 5.41) is 12.7. The monoisotopic (exact) mass is 274 g/mol. The molecule has 2 aromatic rings. The second kappa shape index (κ2) is 4.79. The Morgan fingerprint density at radius 1 is 1.35 bits per heavy atom. The lowest BCUT2D eigenvalue weighted by Gasteiger charge is -2.29. The van der Waals surface area contributed by atoms with E-state index >= 15 is 0 Å². The maximum absolute atomic E-state index is 11.4. The maximum atomic E-state index is 11.4. The van der Waals surface area contributed by atoms with Gasteiger partial charge in [-0.25, -0.2) is 9.78 Å². The Labute approximate surface area is 117 Å². The Kier molecular flexibility index (Phi) is 3.10. The van der Waals surface area contributed by atoms with Crippen molar-refractivity contribution in [2.75, 3.05) is 31.1 Å². The molecule has 0 aliphatic carbocycles. The van der Waals surface area contributed by atoms with Crippen LogP contribution in [0, 0.1) is 13.8 Å². The van der Waals surface area contributed by atoms with Gasteiger partial charge in [-0.05, 0) is 25.5 Å². The Hall–Kier alpha value is -2.08. The molecule has 0 atom stereocenters. The van der Waals surface area contributed by atoms with Gasteiger partial charge >= 0.3 is 5.97 Å². The lowest BCUT2D eigenvalue weighted by molar-refractivity contribution is 0.0688. The molecule has 3 heterocycles. The van der Waals surface area contributed by atoms with E-state index in [1.807, 2.05) is 13.1 Å². The SMILES string of the molecule is Cc1nc2c(C)cc(N3CCNCC3)cn2c1C(=O)O. The Morgan fingerprint density at radius 3 is 2.70 bits per heavy atom. The molecule has 1 aliphatic rings. The topological polar surface area (TPSA) is 69.9 Å². The number of rotatable bonds is 2. The van der Waals surface area contributed by atoms with Crippen LogP contribution in [-0.4, -0.2) is 46.6 Å². The first-order valence-corrected chi connectivity index (χ1v) is 6.76. The number of nitrogens with zero attached hydrogens (tertiary/aromatic N) is 3. The third kappa shape index (κ3) is 2.02. The van der Waals surface area contributed by atoms with Crippen LogP contribution in [0.3, 0.4) is 0 Å². The Balaban J connectivity index is 2.16. The van der Waals surface area contributed by atoms with Crippen LogP contribution in [0.15, 0.2) is 12.3 Å². The van der Waals surface area contributed by atoms with Gasteiger partial charge in [-0.15, -0.1) is 0 Å². The highest BCUT2D eigenvalue weighted by atomic mass is 16.4. The number of hydrogen-bond donors (Lipinski definition) is 2. The summed E-state index contributed by atoms with van der Waals surface area (Å²) in [4.78, 5) is 18.1. The summed E-state index contributed by atoms with van der Waals surface area (Å²) < 4.78 is 1.70. The van der Waals surface area contributed by atoms with Crippen LogP contribution in [0.2, 0.25) is 0 Å². The number of imidazole rings is 1. The fourth-order valence-electron chi connectivity index (χ4n) is 2.76. The molecule has 1 fully saturated rings. The van der Waals surface area contributed by atoms with Crippen molar-refractivity contribution in [1.82, 2.24) is 14.7 Å². The second-order valence-electron chi connectivity index (χ2n) is 5.16. The predicted octanol–water partition coefficient (Wildman–Crippen LogP) is 1.06. The molecular weight excluding hydrogens is 256 g/mol. The number of carboxylic acids is 1. The molecule has 6 nitrogen and oxygen atoms in total. The van der Waals surface area contributed by atoms with E-state index in [9.17, 15) is 9.90 Å². The van der Waals surface area contributed by atoms with E-state index in [1.165, 1.54) is 0 Å². The average molecular weight is 274 g/mol. The van der Waals surface area contributed by atoms with E-state index in [0.717, 1.165) is 43.1 Å². The van der Waals surface area contributed by atoms with Crippen molar-refractivity contribution in [3.8, 4) is 0 Å². The van der Waals surface area contributed by atoms with E-state index in [-0.39, 0.29) is 5.69 Å². The molecule has 0 spiro atoms. The lowest BCUT2D eigenvalue weighted by atomic mass is 10.2. The number of aryl methyl sites for hydroxylation is 2. The zero-order valence-electron chi connectivity index (χ0n) is 11.7. The third-order valence-corrected chi connectivity index (χ3v) is 3.75. The average Bonchev–Trinajstić information content (AvgIpc) is 2.76. The fraction of sp³-hybridized carbons (Fsp3) is 0.429. The van der Waals surface area contributed by atoms with Crippen molar-refractivity contribution in [3.63, 3.8) is 0 Å². The number of fused-ring (bicyclic) bond motifs is 1. The predicted molar refractivity (Wildman–Crippen MR) is 76.7 cm³/mol. The van der Waals surface area contributed by atoms with E-state index in [1.54, 1.807) is 11.3 Å². The first kappa shape index (κ1) is 12.9. The molecule has 0 bridgehead atoms. The lowest BCUT2D eigenvalue weighted by Crippen LogP contribution is -2.43. The molecule has 0 aromatic carbocycles. The Bertz CT molecular complexity index is 671. The van der Waals surface area contributed by atoms with E-state index < -0.39 is 5.97 Å². The quantitative estimate of drug-likeness (QED) is 0.857. The highest BCUT2D eigenvalue weighted by Gasteiger charge is 2.19. The molecule has 2 aromatic heterocycles. The first-order valence-electron chi connectivity index (χ1n) is 6.76. The number of carboxylic acid groups (broad SMARTS) is 1. The highest BCUT2D eigenvalue weighted by molar-refractivity contribution is 5.88. The van der Waals surface area contributed by atoms with Crippen LogP contribution >= 0.6 is 0 Å². The Morgan fingerprint density at radius 2 is 2.05 bits per heavy atom. The number of nitrogens with one attached hydrogen (secondary N) is 1. The van der Waals surface area contributed by atoms with Gasteiger partial charge in [0.05, 0.1) is 11.4 Å². The van der Waals surface area contributed by atoms with Gasteiger partial charge in [-0.2, -0.15) is 0 Å². The molecule has 106 valence electrons. The van der Waals surface area contributed by atoms with Gasteiger partial charge in [0.2, 0.25) is 0 Å². The van der Waals surface area contributed by atoms with E-state index in [0.29, 0.717) is 5.69 Å². The van der Waals surface area contributed by atoms with Crippen LogP contribution < -0.4 is 10.2 Å². The first-order chi connectivity index (χ1) is 9.58. The minimum Gasteiger partial charge on any atom is -0.477 e. The van der Waals surface area contributed by atoms with Crippen molar-refractivity contribution in [3.05, 3.63) is 29.2 Å². The minimum absolute atomic E-state index is 0.250. The largest absolute Gasteiger partial charge is 0.477 e. The van der Waals surface area contributed by atoms with Crippen LogP contribution in [0.1, 0.15) is 21.7 Å². The summed E-state index contributed by atoms with van der Waals surface area (Å²) in [5.74, 6) is -0.938. The zero-order chi connectivity index (χ0) is 14.3. The number of anilines is 1. The van der Waals surface area contributed by atoms with Crippen LogP contribution in [-0.2, 0) is 0 Å². The summed E-state index contributed by atoms with van der Waals surface area (Å²) in [6.45, 7) is 7.47. The molecule has 3 rings (SSSR count). The molecular formula is C14H18N4O2.